The van der Waals surface area contributed by atoms with Gasteiger partial charge in [0.25, 0.3) is 0 Å². The maximum Gasteiger partial charge on any atom is 0.228 e. The third-order valence-corrected chi connectivity index (χ3v) is 4.24. The van der Waals surface area contributed by atoms with Crippen molar-refractivity contribution in [2.45, 2.75) is 6.54 Å². The number of nitrogens with zero attached hydrogens (tertiary/aromatic N) is 5. The Kier molecular flexibility index (Phi) is 4.16. The van der Waals surface area contributed by atoms with E-state index in [0.717, 1.165) is 38.7 Å². The molecule has 0 radical (unpaired) electrons. The second kappa shape index (κ2) is 6.23. The number of nitrogen functional groups attached to an aromatic ring is 1. The van der Waals surface area contributed by atoms with Crippen molar-refractivity contribution in [3.8, 4) is 5.88 Å². The largest absolute Gasteiger partial charge is 0.481 e. The molecule has 0 aliphatic carbocycles. The molecule has 1 aliphatic heterocycles. The Labute approximate surface area is 127 Å². The molecule has 21 heavy (non-hydrogen) atoms. The molecule has 112 valence electrons. The van der Waals surface area contributed by atoms with Crippen LogP contribution in [0, 0.1) is 0 Å². The lowest BCUT2D eigenvalue weighted by Crippen LogP contribution is -2.46. The Morgan fingerprint density at radius 2 is 2.10 bits per heavy atom. The zero-order chi connectivity index (χ0) is 14.7. The van der Waals surface area contributed by atoms with Gasteiger partial charge in [-0.25, -0.2) is 9.97 Å². The minimum atomic E-state index is 0.600. The molecule has 0 spiro atoms. The summed E-state index contributed by atoms with van der Waals surface area (Å²) in [5, 5.41) is 0.633. The van der Waals surface area contributed by atoms with E-state index >= 15 is 0 Å². The number of thiazole rings is 1. The van der Waals surface area contributed by atoms with Crippen molar-refractivity contribution in [1.29, 1.82) is 0 Å². The molecule has 3 heterocycles. The lowest BCUT2D eigenvalue weighted by Gasteiger charge is -2.34. The number of piperazine rings is 1. The molecule has 0 atom stereocenters. The molecule has 0 bridgehead atoms. The summed E-state index contributed by atoms with van der Waals surface area (Å²) in [5.41, 5.74) is 5.66. The lowest BCUT2D eigenvalue weighted by atomic mass is 10.3. The van der Waals surface area contributed by atoms with Crippen LogP contribution in [-0.4, -0.2) is 53.1 Å². The fourth-order valence-electron chi connectivity index (χ4n) is 2.32. The Morgan fingerprint density at radius 1 is 1.29 bits per heavy atom. The second-order valence-electron chi connectivity index (χ2n) is 4.83. The zero-order valence-electron chi connectivity index (χ0n) is 11.9. The van der Waals surface area contributed by atoms with E-state index in [2.05, 4.69) is 24.8 Å². The number of aromatic nitrogens is 3. The first-order chi connectivity index (χ1) is 10.2. The standard InChI is InChI=1S/C13H18N6OS/c1-20-11-2-3-15-13(17-11)19-6-4-18(5-7-19)9-10-8-16-12(14)21-10/h2-3,8H,4-7,9H2,1H3,(H2,14,16). The summed E-state index contributed by atoms with van der Waals surface area (Å²) in [5.74, 6) is 1.33. The van der Waals surface area contributed by atoms with Crippen molar-refractivity contribution in [3.05, 3.63) is 23.3 Å². The minimum absolute atomic E-state index is 0.600. The predicted molar refractivity (Wildman–Crippen MR) is 82.6 cm³/mol. The second-order valence-corrected chi connectivity index (χ2v) is 5.97. The van der Waals surface area contributed by atoms with Crippen molar-refractivity contribution in [2.24, 2.45) is 0 Å². The van der Waals surface area contributed by atoms with Gasteiger partial charge in [-0.2, -0.15) is 4.98 Å². The molecule has 0 saturated carbocycles. The normalized spacial score (nSPS) is 16.1. The van der Waals surface area contributed by atoms with Crippen LogP contribution in [0.2, 0.25) is 0 Å². The highest BCUT2D eigenvalue weighted by Crippen LogP contribution is 2.19. The summed E-state index contributed by atoms with van der Waals surface area (Å²) in [4.78, 5) is 18.6. The predicted octanol–water partition coefficient (Wildman–Crippen LogP) is 0.846. The molecule has 8 heteroatoms. The number of nitrogens with two attached hydrogens (primary N) is 1. The van der Waals surface area contributed by atoms with Gasteiger partial charge >= 0.3 is 0 Å². The van der Waals surface area contributed by atoms with Gasteiger partial charge in [0.2, 0.25) is 11.8 Å². The Morgan fingerprint density at radius 3 is 2.76 bits per heavy atom. The fraction of sp³-hybridized carbons (Fsp3) is 0.462. The third kappa shape index (κ3) is 3.40. The monoisotopic (exact) mass is 306 g/mol. The zero-order valence-corrected chi connectivity index (χ0v) is 12.7. The summed E-state index contributed by atoms with van der Waals surface area (Å²) in [6.45, 7) is 4.65. The van der Waals surface area contributed by atoms with Crippen LogP contribution in [0.25, 0.3) is 0 Å². The number of hydrogen-bond donors (Lipinski definition) is 1. The molecule has 0 unspecified atom stereocenters. The number of rotatable bonds is 4. The smallest absolute Gasteiger partial charge is 0.228 e. The van der Waals surface area contributed by atoms with Crippen LogP contribution >= 0.6 is 11.3 Å². The topological polar surface area (TPSA) is 80.4 Å². The molecule has 1 aliphatic rings. The van der Waals surface area contributed by atoms with E-state index in [1.165, 1.54) is 4.88 Å². The molecule has 0 amide bonds. The van der Waals surface area contributed by atoms with Gasteiger partial charge in [0.15, 0.2) is 5.13 Å². The highest BCUT2D eigenvalue weighted by molar-refractivity contribution is 7.15. The molecule has 0 aromatic carbocycles. The van der Waals surface area contributed by atoms with Gasteiger partial charge in [-0.3, -0.25) is 4.90 Å². The van der Waals surface area contributed by atoms with E-state index in [1.807, 2.05) is 6.20 Å². The maximum absolute atomic E-state index is 5.66. The van der Waals surface area contributed by atoms with Crippen molar-refractivity contribution < 1.29 is 4.74 Å². The molecule has 3 rings (SSSR count). The van der Waals surface area contributed by atoms with Gasteiger partial charge in [0.05, 0.1) is 7.11 Å². The fourth-order valence-corrected chi connectivity index (χ4v) is 3.05. The van der Waals surface area contributed by atoms with E-state index in [-0.39, 0.29) is 0 Å². The van der Waals surface area contributed by atoms with E-state index in [1.54, 1.807) is 30.7 Å². The highest BCUT2D eigenvalue weighted by Gasteiger charge is 2.19. The Bertz CT molecular complexity index is 596. The van der Waals surface area contributed by atoms with Gasteiger partial charge in [0.1, 0.15) is 0 Å². The highest BCUT2D eigenvalue weighted by atomic mass is 32.1. The summed E-state index contributed by atoms with van der Waals surface area (Å²) in [6.07, 6.45) is 3.59. The van der Waals surface area contributed by atoms with Crippen molar-refractivity contribution in [3.63, 3.8) is 0 Å². The molecule has 1 fully saturated rings. The summed E-state index contributed by atoms with van der Waals surface area (Å²) in [7, 11) is 1.62. The molecule has 7 nitrogen and oxygen atoms in total. The number of anilines is 2. The third-order valence-electron chi connectivity index (χ3n) is 3.43. The minimum Gasteiger partial charge on any atom is -0.481 e. The summed E-state index contributed by atoms with van der Waals surface area (Å²) >= 11 is 1.55. The molecule has 2 aromatic heterocycles. The van der Waals surface area contributed by atoms with Crippen LogP contribution in [0.5, 0.6) is 5.88 Å². The molecule has 2 N–H and O–H groups in total. The van der Waals surface area contributed by atoms with Gasteiger partial charge in [-0.1, -0.05) is 0 Å². The van der Waals surface area contributed by atoms with Gasteiger partial charge in [0, 0.05) is 56.1 Å². The lowest BCUT2D eigenvalue weighted by molar-refractivity contribution is 0.250. The molecular weight excluding hydrogens is 288 g/mol. The number of hydrogen-bond acceptors (Lipinski definition) is 8. The quantitative estimate of drug-likeness (QED) is 0.896. The number of ether oxygens (including phenoxy) is 1. The molecule has 2 aromatic rings. The van der Waals surface area contributed by atoms with Gasteiger partial charge in [-0.05, 0) is 0 Å². The SMILES string of the molecule is COc1ccnc(N2CCN(Cc3cnc(N)s3)CC2)n1. The van der Waals surface area contributed by atoms with Crippen LogP contribution in [0.15, 0.2) is 18.5 Å². The Hall–Kier alpha value is -1.93. The summed E-state index contributed by atoms with van der Waals surface area (Å²) in [6, 6.07) is 1.76. The van der Waals surface area contributed by atoms with Crippen LogP contribution in [0.3, 0.4) is 0 Å². The van der Waals surface area contributed by atoms with Crippen LogP contribution < -0.4 is 15.4 Å². The first-order valence-electron chi connectivity index (χ1n) is 6.79. The van der Waals surface area contributed by atoms with E-state index in [4.69, 9.17) is 10.5 Å². The van der Waals surface area contributed by atoms with Crippen molar-refractivity contribution in [1.82, 2.24) is 19.9 Å². The van der Waals surface area contributed by atoms with Crippen molar-refractivity contribution >= 4 is 22.4 Å². The molecular formula is C13H18N6OS. The summed E-state index contributed by atoms with van der Waals surface area (Å²) < 4.78 is 5.14. The Balaban J connectivity index is 1.57. The average Bonchev–Trinajstić information content (AvgIpc) is 2.93. The first kappa shape index (κ1) is 14.0. The first-order valence-corrected chi connectivity index (χ1v) is 7.61. The average molecular weight is 306 g/mol. The maximum atomic E-state index is 5.66. The van der Waals surface area contributed by atoms with Gasteiger partial charge in [-0.15, -0.1) is 11.3 Å². The van der Waals surface area contributed by atoms with Gasteiger partial charge < -0.3 is 15.4 Å². The van der Waals surface area contributed by atoms with Crippen molar-refractivity contribution in [2.75, 3.05) is 43.9 Å². The number of methoxy groups -OCH3 is 1. The molecule has 1 saturated heterocycles. The van der Waals surface area contributed by atoms with E-state index in [9.17, 15) is 0 Å². The van der Waals surface area contributed by atoms with E-state index in [0.29, 0.717) is 11.0 Å². The van der Waals surface area contributed by atoms with Crippen LogP contribution in [0.4, 0.5) is 11.1 Å². The van der Waals surface area contributed by atoms with E-state index < -0.39 is 0 Å². The van der Waals surface area contributed by atoms with Crippen LogP contribution in [0.1, 0.15) is 4.88 Å². The van der Waals surface area contributed by atoms with Crippen LogP contribution in [-0.2, 0) is 6.54 Å².